The van der Waals surface area contributed by atoms with Crippen molar-refractivity contribution in [1.82, 2.24) is 0 Å². The first-order chi connectivity index (χ1) is 27.5. The molecule has 0 spiro atoms. The number of methoxy groups -OCH3 is 1. The van der Waals surface area contributed by atoms with Gasteiger partial charge in [-0.15, -0.1) is 0 Å². The van der Waals surface area contributed by atoms with Gasteiger partial charge in [-0.3, -0.25) is 0 Å². The lowest BCUT2D eigenvalue weighted by Gasteiger charge is -2.64. The van der Waals surface area contributed by atoms with E-state index < -0.39 is 105 Å². The van der Waals surface area contributed by atoms with E-state index in [0.717, 1.165) is 63.4 Å². The highest BCUT2D eigenvalue weighted by atomic mass is 16.8. The molecule has 4 saturated carbocycles. The number of cyclic esters (lactones) is 1. The van der Waals surface area contributed by atoms with Crippen LogP contribution >= 0.6 is 0 Å². The van der Waals surface area contributed by atoms with Gasteiger partial charge in [0.15, 0.2) is 18.9 Å². The van der Waals surface area contributed by atoms with Gasteiger partial charge in [0.1, 0.15) is 61.0 Å². The lowest BCUT2D eigenvalue weighted by atomic mass is 9.43. The minimum atomic E-state index is -1.93. The minimum absolute atomic E-state index is 0.0195. The Hall–Kier alpha value is -1.39. The highest BCUT2D eigenvalue weighted by molar-refractivity contribution is 5.85. The fraction of sp³-hybridized carbons (Fsp3) is 0.927. The van der Waals surface area contributed by atoms with Gasteiger partial charge in [0.2, 0.25) is 0 Å². The second-order valence-electron chi connectivity index (χ2n) is 19.1. The maximum absolute atomic E-state index is 12.6. The van der Waals surface area contributed by atoms with Crippen molar-refractivity contribution in [1.29, 1.82) is 0 Å². The summed E-state index contributed by atoms with van der Waals surface area (Å²) in [6.07, 6.45) is -6.58. The Morgan fingerprint density at radius 3 is 2.28 bits per heavy atom. The number of hydrogen-bond donors (Lipinski definition) is 8. The van der Waals surface area contributed by atoms with E-state index in [2.05, 4.69) is 13.8 Å². The monoisotopic (exact) mass is 828 g/mol. The summed E-state index contributed by atoms with van der Waals surface area (Å²) in [5.41, 5.74) is -1.98. The first-order valence-corrected chi connectivity index (χ1v) is 21.2. The van der Waals surface area contributed by atoms with Crippen molar-refractivity contribution in [3.63, 3.8) is 0 Å². The quantitative estimate of drug-likeness (QED) is 0.101. The zero-order valence-corrected chi connectivity index (χ0v) is 33.8. The standard InChI is InChI=1S/C41H64O17/c1-19-32(58-35-30(46)29(45)28(44)26(57-35)16-53-37-34(48)40(49,17-42)18-54-37)33(51-4)31(47)36(55-19)56-22-7-10-38(2)21(14-22)5-6-25-24(38)8-11-39(3)23(9-12-41(25,39)50)20-13-27(43)52-15-20/h13,19,21-26,28-37,42,44-50H,5-12,14-18H2,1-4H3. The molecular formula is C41H64O17. The average molecular weight is 829 g/mol. The largest absolute Gasteiger partial charge is 0.458 e. The lowest BCUT2D eigenvalue weighted by Crippen LogP contribution is -2.64. The summed E-state index contributed by atoms with van der Waals surface area (Å²) in [7, 11) is 1.41. The van der Waals surface area contributed by atoms with E-state index in [1.54, 1.807) is 13.0 Å². The predicted octanol–water partition coefficient (Wildman–Crippen LogP) is -0.601. The summed E-state index contributed by atoms with van der Waals surface area (Å²) in [6.45, 7) is 5.06. The Morgan fingerprint density at radius 1 is 0.828 bits per heavy atom. The molecule has 0 aromatic rings. The maximum Gasteiger partial charge on any atom is 0.331 e. The molecule has 21 unspecified atom stereocenters. The molecule has 21 atom stereocenters. The van der Waals surface area contributed by atoms with Crippen LogP contribution in [0.2, 0.25) is 0 Å². The molecule has 0 amide bonds. The molecule has 3 saturated heterocycles. The molecule has 8 N–H and O–H groups in total. The van der Waals surface area contributed by atoms with Gasteiger partial charge in [-0.2, -0.15) is 0 Å². The summed E-state index contributed by atoms with van der Waals surface area (Å²) < 4.78 is 46.5. The third-order valence-corrected chi connectivity index (χ3v) is 16.2. The van der Waals surface area contributed by atoms with Gasteiger partial charge >= 0.3 is 5.97 Å². The van der Waals surface area contributed by atoms with Gasteiger partial charge in [-0.05, 0) is 99.4 Å². The smallest absolute Gasteiger partial charge is 0.331 e. The van der Waals surface area contributed by atoms with Gasteiger partial charge in [-0.25, -0.2) is 4.79 Å². The van der Waals surface area contributed by atoms with Crippen molar-refractivity contribution in [3.05, 3.63) is 11.6 Å². The van der Waals surface area contributed by atoms with E-state index in [4.69, 9.17) is 37.9 Å². The normalized spacial score (nSPS) is 54.4. The second kappa shape index (κ2) is 16.1. The van der Waals surface area contributed by atoms with E-state index in [0.29, 0.717) is 18.4 Å². The molecular weight excluding hydrogens is 764 g/mol. The maximum atomic E-state index is 12.6. The zero-order valence-electron chi connectivity index (χ0n) is 33.8. The van der Waals surface area contributed by atoms with E-state index >= 15 is 0 Å². The van der Waals surface area contributed by atoms with Crippen LogP contribution in [0.25, 0.3) is 0 Å². The number of carbonyl (C=O) groups is 1. The fourth-order valence-electron chi connectivity index (χ4n) is 12.7. The molecule has 4 aliphatic carbocycles. The highest BCUT2D eigenvalue weighted by Gasteiger charge is 2.68. The molecule has 17 heteroatoms. The summed E-state index contributed by atoms with van der Waals surface area (Å²) in [5.74, 6) is 0.769. The van der Waals surface area contributed by atoms with Crippen molar-refractivity contribution in [2.45, 2.75) is 170 Å². The lowest BCUT2D eigenvalue weighted by molar-refractivity contribution is -0.364. The number of hydrogen-bond acceptors (Lipinski definition) is 17. The number of rotatable bonds is 10. The summed E-state index contributed by atoms with van der Waals surface area (Å²) in [6, 6.07) is 0. The van der Waals surface area contributed by atoms with Crippen LogP contribution in [-0.2, 0) is 42.7 Å². The fourth-order valence-corrected chi connectivity index (χ4v) is 12.7. The van der Waals surface area contributed by atoms with Gasteiger partial charge in [0.05, 0.1) is 37.6 Å². The molecule has 0 bridgehead atoms. The highest BCUT2D eigenvalue weighted by Crippen LogP contribution is 2.70. The van der Waals surface area contributed by atoms with Crippen LogP contribution in [0.4, 0.5) is 0 Å². The molecule has 4 heterocycles. The molecule has 8 aliphatic rings. The number of fused-ring (bicyclic) bond motifs is 5. The molecule has 17 nitrogen and oxygen atoms in total. The van der Waals surface area contributed by atoms with Crippen molar-refractivity contribution >= 4 is 5.97 Å². The molecule has 0 aromatic carbocycles. The predicted molar refractivity (Wildman–Crippen MR) is 197 cm³/mol. The van der Waals surface area contributed by atoms with Crippen LogP contribution < -0.4 is 0 Å². The van der Waals surface area contributed by atoms with Crippen molar-refractivity contribution in [3.8, 4) is 0 Å². The molecule has 330 valence electrons. The van der Waals surface area contributed by atoms with Crippen LogP contribution in [0.5, 0.6) is 0 Å². The van der Waals surface area contributed by atoms with Crippen molar-refractivity contribution in [2.24, 2.45) is 34.5 Å². The minimum Gasteiger partial charge on any atom is -0.458 e. The molecule has 58 heavy (non-hydrogen) atoms. The second-order valence-corrected chi connectivity index (χ2v) is 19.1. The summed E-state index contributed by atoms with van der Waals surface area (Å²) >= 11 is 0. The third kappa shape index (κ3) is 7.01. The van der Waals surface area contributed by atoms with Crippen molar-refractivity contribution < 1.29 is 83.5 Å². The first kappa shape index (κ1) is 43.3. The topological polar surface area (TPSA) is 253 Å². The summed E-state index contributed by atoms with van der Waals surface area (Å²) in [4.78, 5) is 12.0. The molecule has 8 rings (SSSR count). The van der Waals surface area contributed by atoms with E-state index in [-0.39, 0.29) is 34.7 Å². The van der Waals surface area contributed by atoms with E-state index in [1.165, 1.54) is 7.11 Å². The van der Waals surface area contributed by atoms with Gasteiger partial charge in [0, 0.05) is 18.6 Å². The Bertz CT molecular complexity index is 1530. The Balaban J connectivity index is 0.876. The number of aliphatic hydroxyl groups excluding tert-OH is 6. The third-order valence-electron chi connectivity index (χ3n) is 16.2. The molecule has 0 aromatic heterocycles. The van der Waals surface area contributed by atoms with Crippen LogP contribution in [-0.4, -0.2) is 171 Å². The van der Waals surface area contributed by atoms with Gasteiger partial charge in [0.25, 0.3) is 0 Å². The Morgan fingerprint density at radius 2 is 1.59 bits per heavy atom. The number of ether oxygens (including phenoxy) is 8. The molecule has 0 radical (unpaired) electrons. The Labute approximate surface area is 338 Å². The number of esters is 1. The van der Waals surface area contributed by atoms with Gasteiger partial charge < -0.3 is 78.7 Å². The van der Waals surface area contributed by atoms with Crippen molar-refractivity contribution in [2.75, 3.05) is 33.5 Å². The SMILES string of the molecule is COC1C(O)C(OC2CCC3(C)C(CCC4C3CCC3(C)C(C5=CC(=O)OC5)CCC43O)C2)OC(C)C1OC1OC(COC2OCC(O)(CO)C2O)C(O)C(O)C1O. The van der Waals surface area contributed by atoms with E-state index in [1.807, 2.05) is 0 Å². The number of aliphatic hydroxyl groups is 8. The molecule has 4 aliphatic heterocycles. The van der Waals surface area contributed by atoms with Crippen LogP contribution in [0, 0.1) is 34.5 Å². The molecule has 7 fully saturated rings. The van der Waals surface area contributed by atoms with Crippen LogP contribution in [0.1, 0.15) is 78.6 Å². The van der Waals surface area contributed by atoms with Crippen LogP contribution in [0.3, 0.4) is 0 Å². The number of carbonyl (C=O) groups excluding carboxylic acids is 1. The first-order valence-electron chi connectivity index (χ1n) is 21.2. The average Bonchev–Trinajstić information content (AvgIpc) is 3.85. The van der Waals surface area contributed by atoms with Gasteiger partial charge in [-0.1, -0.05) is 13.8 Å². The summed E-state index contributed by atoms with van der Waals surface area (Å²) in [5, 5.41) is 86.4. The zero-order chi connectivity index (χ0) is 41.5. The Kier molecular flexibility index (Phi) is 12.0. The van der Waals surface area contributed by atoms with Crippen LogP contribution in [0.15, 0.2) is 11.6 Å². The van der Waals surface area contributed by atoms with E-state index in [9.17, 15) is 45.6 Å².